The average Bonchev–Trinajstić information content (AvgIpc) is 3.31. The minimum Gasteiger partial charge on any atom is -0.323 e. The molecule has 2 saturated heterocycles. The number of amides is 3. The Bertz CT molecular complexity index is 1120. The van der Waals surface area contributed by atoms with Crippen LogP contribution in [0, 0.1) is 0 Å². The highest BCUT2D eigenvalue weighted by Gasteiger charge is 2.53. The molecule has 1 aromatic heterocycles. The molecule has 6 nitrogen and oxygen atoms in total. The smallest absolute Gasteiger partial charge is 0.323 e. The summed E-state index contributed by atoms with van der Waals surface area (Å²) >= 11 is 7.58. The Morgan fingerprint density at radius 1 is 1.13 bits per heavy atom. The van der Waals surface area contributed by atoms with Crippen LogP contribution >= 0.6 is 22.9 Å². The molecule has 0 bridgehead atoms. The number of halogens is 1. The topological polar surface area (TPSA) is 65.5 Å². The normalized spacial score (nSPS) is 20.1. The van der Waals surface area contributed by atoms with E-state index in [2.05, 4.69) is 40.3 Å². The highest BCUT2D eigenvalue weighted by Crippen LogP contribution is 2.35. The number of piperidine rings is 1. The lowest BCUT2D eigenvalue weighted by Gasteiger charge is -2.40. The van der Waals surface area contributed by atoms with Crippen molar-refractivity contribution in [2.75, 3.05) is 18.0 Å². The minimum absolute atomic E-state index is 0.175. The second-order valence-electron chi connectivity index (χ2n) is 7.92. The van der Waals surface area contributed by atoms with Gasteiger partial charge in [-0.2, -0.15) is 0 Å². The highest BCUT2D eigenvalue weighted by atomic mass is 35.5. The number of carbonyl (C=O) groups excluding carboxylic acids is 2. The number of nitrogens with zero attached hydrogens (tertiary/aromatic N) is 3. The predicted molar refractivity (Wildman–Crippen MR) is 119 cm³/mol. The summed E-state index contributed by atoms with van der Waals surface area (Å²) in [6.07, 6.45) is 1.18. The van der Waals surface area contributed by atoms with E-state index in [1.54, 1.807) is 35.6 Å². The Hall–Kier alpha value is -2.48. The van der Waals surface area contributed by atoms with Gasteiger partial charge in [-0.05, 0) is 61.7 Å². The van der Waals surface area contributed by atoms with Gasteiger partial charge in [-0.15, -0.1) is 11.3 Å². The number of aromatic nitrogens is 1. The van der Waals surface area contributed by atoms with Gasteiger partial charge < -0.3 is 5.32 Å². The van der Waals surface area contributed by atoms with Crippen molar-refractivity contribution in [1.29, 1.82) is 0 Å². The summed E-state index contributed by atoms with van der Waals surface area (Å²) in [7, 11) is 0. The van der Waals surface area contributed by atoms with E-state index in [1.807, 2.05) is 5.51 Å². The fourth-order valence-electron chi connectivity index (χ4n) is 4.42. The highest BCUT2D eigenvalue weighted by molar-refractivity contribution is 7.16. The number of carbonyl (C=O) groups is 2. The lowest BCUT2D eigenvalue weighted by Crippen LogP contribution is -2.55. The molecule has 3 aromatic rings. The van der Waals surface area contributed by atoms with E-state index in [-0.39, 0.29) is 18.0 Å². The molecule has 5 rings (SSSR count). The summed E-state index contributed by atoms with van der Waals surface area (Å²) in [4.78, 5) is 33.9. The second kappa shape index (κ2) is 7.34. The van der Waals surface area contributed by atoms with E-state index >= 15 is 0 Å². The Kier molecular flexibility index (Phi) is 4.76. The van der Waals surface area contributed by atoms with E-state index in [0.29, 0.717) is 23.6 Å². The van der Waals surface area contributed by atoms with Crippen LogP contribution < -0.4 is 10.2 Å². The Morgan fingerprint density at radius 3 is 2.60 bits per heavy atom. The number of anilines is 1. The molecule has 154 valence electrons. The van der Waals surface area contributed by atoms with Crippen molar-refractivity contribution in [2.24, 2.45) is 0 Å². The summed E-state index contributed by atoms with van der Waals surface area (Å²) in [5, 5.41) is 3.54. The summed E-state index contributed by atoms with van der Waals surface area (Å²) in [6, 6.07) is 13.0. The first-order valence-electron chi connectivity index (χ1n) is 9.96. The zero-order valence-corrected chi connectivity index (χ0v) is 18.0. The van der Waals surface area contributed by atoms with Crippen LogP contribution in [0.5, 0.6) is 0 Å². The second-order valence-corrected chi connectivity index (χ2v) is 9.24. The molecule has 2 aliphatic heterocycles. The van der Waals surface area contributed by atoms with Crippen molar-refractivity contribution in [3.63, 3.8) is 0 Å². The van der Waals surface area contributed by atoms with Gasteiger partial charge in [0.15, 0.2) is 0 Å². The van der Waals surface area contributed by atoms with Crippen molar-refractivity contribution in [3.05, 3.63) is 58.6 Å². The predicted octanol–water partition coefficient (Wildman–Crippen LogP) is 4.60. The molecule has 1 atom stereocenters. The van der Waals surface area contributed by atoms with Crippen molar-refractivity contribution < 1.29 is 9.59 Å². The zero-order chi connectivity index (χ0) is 20.9. The average molecular weight is 441 g/mol. The maximum absolute atomic E-state index is 13.2. The number of fused-ring (bicyclic) bond motifs is 1. The first kappa shape index (κ1) is 19.5. The Morgan fingerprint density at radius 2 is 1.87 bits per heavy atom. The molecule has 0 radical (unpaired) electrons. The molecular weight excluding hydrogens is 420 g/mol. The van der Waals surface area contributed by atoms with E-state index in [0.717, 1.165) is 18.6 Å². The number of hydrogen-bond acceptors (Lipinski definition) is 5. The summed E-state index contributed by atoms with van der Waals surface area (Å²) in [5.74, 6) is -0.175. The molecule has 2 aromatic carbocycles. The third-order valence-corrected chi connectivity index (χ3v) is 7.34. The fourth-order valence-corrected chi connectivity index (χ4v) is 5.21. The molecule has 0 saturated carbocycles. The third-order valence-electron chi connectivity index (χ3n) is 6.28. The van der Waals surface area contributed by atoms with E-state index in [4.69, 9.17) is 11.6 Å². The van der Waals surface area contributed by atoms with Crippen LogP contribution in [-0.4, -0.2) is 40.5 Å². The zero-order valence-electron chi connectivity index (χ0n) is 16.5. The van der Waals surface area contributed by atoms with E-state index < -0.39 is 5.54 Å². The van der Waals surface area contributed by atoms with Gasteiger partial charge >= 0.3 is 6.03 Å². The van der Waals surface area contributed by atoms with Crippen molar-refractivity contribution in [1.82, 2.24) is 15.2 Å². The Labute approximate surface area is 183 Å². The van der Waals surface area contributed by atoms with Crippen LogP contribution in [0.1, 0.15) is 31.4 Å². The number of hydrogen-bond donors (Lipinski definition) is 1. The van der Waals surface area contributed by atoms with Crippen molar-refractivity contribution >= 4 is 50.8 Å². The standard InChI is InChI=1S/C22H21ClN4O2S/c1-14(15-2-7-19-18(12-15)24-13-30-19)26-10-8-22(9-11-26)20(28)27(21(29)25-22)17-5-3-16(23)4-6-17/h2-7,12-14H,8-11H2,1H3,(H,25,29)/t14-/m1/s1. The van der Waals surface area contributed by atoms with Gasteiger partial charge in [0.1, 0.15) is 5.54 Å². The first-order valence-corrected chi connectivity index (χ1v) is 11.2. The fraction of sp³-hybridized carbons (Fsp3) is 0.318. The maximum Gasteiger partial charge on any atom is 0.329 e. The van der Waals surface area contributed by atoms with Crippen LogP contribution in [0.3, 0.4) is 0 Å². The molecule has 3 amide bonds. The van der Waals surface area contributed by atoms with Gasteiger partial charge in [0.25, 0.3) is 5.91 Å². The van der Waals surface area contributed by atoms with Crippen molar-refractivity contribution in [3.8, 4) is 0 Å². The number of imide groups is 1. The minimum atomic E-state index is -0.828. The van der Waals surface area contributed by atoms with E-state index in [1.165, 1.54) is 15.2 Å². The number of nitrogens with one attached hydrogen (secondary N) is 1. The molecule has 0 aliphatic carbocycles. The Balaban J connectivity index is 1.31. The molecule has 0 unspecified atom stereocenters. The monoisotopic (exact) mass is 440 g/mol. The molecular formula is C22H21ClN4O2S. The van der Waals surface area contributed by atoms with Crippen LogP contribution in [-0.2, 0) is 4.79 Å². The lowest BCUT2D eigenvalue weighted by molar-refractivity contribution is -0.124. The van der Waals surface area contributed by atoms with Gasteiger partial charge in [-0.1, -0.05) is 17.7 Å². The molecule has 2 fully saturated rings. The molecule has 1 spiro atoms. The molecule has 2 aliphatic rings. The molecule has 1 N–H and O–H groups in total. The number of urea groups is 1. The van der Waals surface area contributed by atoms with E-state index in [9.17, 15) is 9.59 Å². The van der Waals surface area contributed by atoms with Gasteiger partial charge in [0, 0.05) is 24.2 Å². The molecule has 8 heteroatoms. The maximum atomic E-state index is 13.2. The van der Waals surface area contributed by atoms with Gasteiger partial charge in [0.05, 0.1) is 21.4 Å². The number of rotatable bonds is 3. The van der Waals surface area contributed by atoms with Crippen LogP contribution in [0.2, 0.25) is 5.02 Å². The summed E-state index contributed by atoms with van der Waals surface area (Å²) < 4.78 is 1.19. The number of thiazole rings is 1. The van der Waals surface area contributed by atoms with Gasteiger partial charge in [-0.3, -0.25) is 9.69 Å². The summed E-state index contributed by atoms with van der Waals surface area (Å²) in [6.45, 7) is 3.65. The largest absolute Gasteiger partial charge is 0.329 e. The van der Waals surface area contributed by atoms with Crippen LogP contribution in [0.4, 0.5) is 10.5 Å². The molecule has 30 heavy (non-hydrogen) atoms. The van der Waals surface area contributed by atoms with Gasteiger partial charge in [-0.25, -0.2) is 14.7 Å². The quantitative estimate of drug-likeness (QED) is 0.604. The number of likely N-dealkylation sites (tertiary alicyclic amines) is 1. The third kappa shape index (κ3) is 3.17. The lowest BCUT2D eigenvalue weighted by atomic mass is 9.86. The van der Waals surface area contributed by atoms with Crippen LogP contribution in [0.15, 0.2) is 48.0 Å². The summed E-state index contributed by atoms with van der Waals surface area (Å²) in [5.41, 5.74) is 3.82. The number of benzene rings is 2. The first-order chi connectivity index (χ1) is 14.5. The van der Waals surface area contributed by atoms with Crippen LogP contribution in [0.25, 0.3) is 10.2 Å². The van der Waals surface area contributed by atoms with Gasteiger partial charge in [0.2, 0.25) is 0 Å². The molecule has 3 heterocycles. The SMILES string of the molecule is C[C@H](c1ccc2scnc2c1)N1CCC2(CC1)NC(=O)N(c1ccc(Cl)cc1)C2=O. The van der Waals surface area contributed by atoms with Crippen molar-refractivity contribution in [2.45, 2.75) is 31.3 Å².